The van der Waals surface area contributed by atoms with Crippen molar-refractivity contribution in [3.05, 3.63) is 16.6 Å². The van der Waals surface area contributed by atoms with Crippen LogP contribution in [-0.2, 0) is 0 Å². The van der Waals surface area contributed by atoms with Gasteiger partial charge in [-0.2, -0.15) is 0 Å². The summed E-state index contributed by atoms with van der Waals surface area (Å²) in [5, 5.41) is 5.24. The third-order valence-corrected chi connectivity index (χ3v) is 2.11. The zero-order valence-electron chi connectivity index (χ0n) is 5.44. The minimum atomic E-state index is 0.0671. The molecule has 0 radical (unpaired) electrons. The van der Waals surface area contributed by atoms with E-state index < -0.39 is 0 Å². The first-order valence-electron chi connectivity index (χ1n) is 2.81. The van der Waals surface area contributed by atoms with Crippen molar-refractivity contribution in [2.75, 3.05) is 0 Å². The second-order valence-electron chi connectivity index (χ2n) is 1.77. The molecule has 0 saturated heterocycles. The molecule has 0 aromatic carbocycles. The molecule has 1 atom stereocenters. The van der Waals surface area contributed by atoms with E-state index in [0.717, 1.165) is 5.01 Å². The van der Waals surface area contributed by atoms with Crippen molar-refractivity contribution < 1.29 is 0 Å². The fourth-order valence-corrected chi connectivity index (χ4v) is 1.37. The van der Waals surface area contributed by atoms with E-state index in [1.807, 2.05) is 12.3 Å². The lowest BCUT2D eigenvalue weighted by Gasteiger charge is -1.95. The van der Waals surface area contributed by atoms with Crippen LogP contribution in [0.15, 0.2) is 16.6 Å². The fourth-order valence-electron chi connectivity index (χ4n) is 0.575. The molecule has 0 bridgehead atoms. The van der Waals surface area contributed by atoms with E-state index in [1.165, 1.54) is 0 Å². The summed E-state index contributed by atoms with van der Waals surface area (Å²) in [7, 11) is 0. The van der Waals surface area contributed by atoms with E-state index in [9.17, 15) is 0 Å². The number of hydrogen-bond donors (Lipinski definition) is 0. The van der Waals surface area contributed by atoms with Crippen LogP contribution in [0.3, 0.4) is 0 Å². The van der Waals surface area contributed by atoms with Crippen LogP contribution in [0.2, 0.25) is 0 Å². The van der Waals surface area contributed by atoms with Gasteiger partial charge < -0.3 is 0 Å². The molecule has 0 aliphatic rings. The summed E-state index contributed by atoms with van der Waals surface area (Å²) < 4.78 is 0. The molecule has 2 nitrogen and oxygen atoms in total. The van der Waals surface area contributed by atoms with Crippen molar-refractivity contribution in [3.8, 4) is 0 Å². The molecule has 1 rings (SSSR count). The zero-order chi connectivity index (χ0) is 7.40. The van der Waals surface area contributed by atoms with E-state index in [4.69, 9.17) is 0 Å². The van der Waals surface area contributed by atoms with Crippen LogP contribution in [0.4, 0.5) is 0 Å². The van der Waals surface area contributed by atoms with Gasteiger partial charge in [0.2, 0.25) is 0 Å². The summed E-state index contributed by atoms with van der Waals surface area (Å²) in [6.07, 6.45) is 1.76. The maximum absolute atomic E-state index is 4.46. The van der Waals surface area contributed by atoms with Crippen molar-refractivity contribution in [1.29, 1.82) is 0 Å². The Morgan fingerprint density at radius 2 is 2.70 bits per heavy atom. The first-order valence-corrected chi connectivity index (χ1v) is 4.09. The molecule has 1 heterocycles. The molecule has 0 aliphatic heterocycles. The number of thiocarbonyl (C=S) groups is 1. The molecule has 10 heavy (non-hydrogen) atoms. The molecular formula is C6H6N2S2. The molecule has 4 heteroatoms. The molecule has 1 unspecified atom stereocenters. The Labute approximate surface area is 68.6 Å². The molecule has 0 N–H and O–H groups in total. The van der Waals surface area contributed by atoms with Gasteiger partial charge in [0.05, 0.1) is 5.16 Å². The van der Waals surface area contributed by atoms with Gasteiger partial charge in [-0.3, -0.25) is 0 Å². The van der Waals surface area contributed by atoms with Crippen LogP contribution in [0.25, 0.3) is 0 Å². The second kappa shape index (κ2) is 3.56. The first-order chi connectivity index (χ1) is 4.84. The highest BCUT2D eigenvalue weighted by Crippen LogP contribution is 2.17. The van der Waals surface area contributed by atoms with Gasteiger partial charge in [0.25, 0.3) is 0 Å². The maximum Gasteiger partial charge on any atom is 0.118 e. The van der Waals surface area contributed by atoms with Crippen molar-refractivity contribution in [1.82, 2.24) is 4.98 Å². The normalized spacial score (nSPS) is 12.1. The number of hydrogen-bond acceptors (Lipinski definition) is 4. The summed E-state index contributed by atoms with van der Waals surface area (Å²) in [6.45, 7) is 1.94. The van der Waals surface area contributed by atoms with Crippen molar-refractivity contribution in [2.45, 2.75) is 13.0 Å². The molecule has 52 valence electrons. The van der Waals surface area contributed by atoms with Crippen molar-refractivity contribution in [2.24, 2.45) is 4.99 Å². The largest absolute Gasteiger partial charge is 0.247 e. The Bertz CT molecular complexity index is 236. The average molecular weight is 170 g/mol. The van der Waals surface area contributed by atoms with E-state index in [-0.39, 0.29) is 6.04 Å². The lowest BCUT2D eigenvalue weighted by molar-refractivity contribution is 0.816. The summed E-state index contributed by atoms with van der Waals surface area (Å²) in [5.41, 5.74) is 0. The van der Waals surface area contributed by atoms with Gasteiger partial charge in [0.1, 0.15) is 11.0 Å². The lowest BCUT2D eigenvalue weighted by atomic mass is 10.4. The Hall–Kier alpha value is -0.570. The van der Waals surface area contributed by atoms with E-state index >= 15 is 0 Å². The van der Waals surface area contributed by atoms with E-state index in [1.54, 1.807) is 17.5 Å². The third kappa shape index (κ3) is 1.70. The topological polar surface area (TPSA) is 25.2 Å². The van der Waals surface area contributed by atoms with E-state index in [2.05, 4.69) is 27.4 Å². The minimum absolute atomic E-state index is 0.0671. The van der Waals surface area contributed by atoms with Gasteiger partial charge >= 0.3 is 0 Å². The predicted molar refractivity (Wildman–Crippen MR) is 45.6 cm³/mol. The molecule has 0 saturated carbocycles. The second-order valence-corrected chi connectivity index (χ2v) is 2.88. The average Bonchev–Trinajstić information content (AvgIpc) is 2.38. The number of aromatic nitrogens is 1. The Kier molecular flexibility index (Phi) is 2.68. The molecule has 0 aliphatic carbocycles. The highest BCUT2D eigenvalue weighted by Gasteiger charge is 2.03. The van der Waals surface area contributed by atoms with Gasteiger partial charge in [-0.15, -0.1) is 11.3 Å². The number of rotatable bonds is 2. The minimum Gasteiger partial charge on any atom is -0.247 e. The van der Waals surface area contributed by atoms with Crippen LogP contribution < -0.4 is 0 Å². The summed E-state index contributed by atoms with van der Waals surface area (Å²) in [5.74, 6) is 0. The Morgan fingerprint density at radius 1 is 1.90 bits per heavy atom. The van der Waals surface area contributed by atoms with Crippen LogP contribution in [-0.4, -0.2) is 10.1 Å². The van der Waals surface area contributed by atoms with Gasteiger partial charge in [-0.1, -0.05) is 0 Å². The third-order valence-electron chi connectivity index (χ3n) is 1.06. The molecule has 1 aromatic heterocycles. The van der Waals surface area contributed by atoms with Gasteiger partial charge in [-0.05, 0) is 19.1 Å². The summed E-state index contributed by atoms with van der Waals surface area (Å²) in [6, 6.07) is 0.0671. The number of thiazole rings is 1. The molecule has 0 spiro atoms. The molecular weight excluding hydrogens is 164 g/mol. The van der Waals surface area contributed by atoms with Crippen LogP contribution in [0, 0.1) is 0 Å². The van der Waals surface area contributed by atoms with Crippen LogP contribution in [0.1, 0.15) is 18.0 Å². The first kappa shape index (κ1) is 7.54. The summed E-state index contributed by atoms with van der Waals surface area (Å²) in [4.78, 5) is 7.95. The Morgan fingerprint density at radius 3 is 3.20 bits per heavy atom. The Balaban J connectivity index is 2.76. The molecule has 0 amide bonds. The smallest absolute Gasteiger partial charge is 0.118 e. The van der Waals surface area contributed by atoms with Gasteiger partial charge in [0.15, 0.2) is 0 Å². The standard InChI is InChI=1S/C6H6N2S2/c1-5(8-4-9)6-7-2-3-10-6/h2-3,5H,1H3. The SMILES string of the molecule is CC(N=C=S)c1nccs1. The summed E-state index contributed by atoms with van der Waals surface area (Å²) >= 11 is 6.04. The van der Waals surface area contributed by atoms with Gasteiger partial charge in [0, 0.05) is 11.6 Å². The van der Waals surface area contributed by atoms with Crippen LogP contribution >= 0.6 is 23.6 Å². The lowest BCUT2D eigenvalue weighted by Crippen LogP contribution is -1.85. The number of isothiocyanates is 1. The van der Waals surface area contributed by atoms with Crippen LogP contribution in [0.5, 0.6) is 0 Å². The van der Waals surface area contributed by atoms with Gasteiger partial charge in [-0.25, -0.2) is 9.98 Å². The zero-order valence-corrected chi connectivity index (χ0v) is 7.08. The van der Waals surface area contributed by atoms with E-state index in [0.29, 0.717) is 0 Å². The quantitative estimate of drug-likeness (QED) is 0.502. The molecule has 0 fully saturated rings. The van der Waals surface area contributed by atoms with Crippen molar-refractivity contribution >= 4 is 28.7 Å². The molecule has 1 aromatic rings. The fraction of sp³-hybridized carbons (Fsp3) is 0.333. The monoisotopic (exact) mass is 170 g/mol. The highest BCUT2D eigenvalue weighted by molar-refractivity contribution is 7.78. The van der Waals surface area contributed by atoms with Crippen molar-refractivity contribution in [3.63, 3.8) is 0 Å². The maximum atomic E-state index is 4.46. The highest BCUT2D eigenvalue weighted by atomic mass is 32.1. The number of nitrogens with zero attached hydrogens (tertiary/aromatic N) is 2. The number of aliphatic imine (C=N–C) groups is 1. The predicted octanol–water partition coefficient (Wildman–Crippen LogP) is 2.31.